The van der Waals surface area contributed by atoms with Gasteiger partial charge in [0.1, 0.15) is 13.1 Å². The molecule has 0 fully saturated rings. The van der Waals surface area contributed by atoms with Crippen molar-refractivity contribution in [3.8, 4) is 0 Å². The molecule has 1 aromatic carbocycles. The van der Waals surface area contributed by atoms with Crippen LogP contribution in [0.2, 0.25) is 10.0 Å². The number of halogens is 2. The average molecular weight is 401 g/mol. The molecule has 3 N–H and O–H groups in total. The maximum Gasteiger partial charge on any atom is 0.338 e. The lowest BCUT2D eigenvalue weighted by molar-refractivity contribution is -0.889. The summed E-state index contributed by atoms with van der Waals surface area (Å²) in [4.78, 5) is 25.4. The quantitative estimate of drug-likeness (QED) is 0.612. The Morgan fingerprint density at radius 1 is 1.27 bits per heavy atom. The Bertz CT molecular complexity index is 722. The maximum absolute atomic E-state index is 12.4. The van der Waals surface area contributed by atoms with Crippen LogP contribution in [0.3, 0.4) is 0 Å². The molecular weight excluding hydrogens is 377 g/mol. The highest BCUT2D eigenvalue weighted by atomic mass is 35.5. The minimum Gasteiger partial charge on any atom is -0.463 e. The van der Waals surface area contributed by atoms with Crippen LogP contribution < -0.4 is 15.5 Å². The van der Waals surface area contributed by atoms with Crippen LogP contribution in [0.4, 0.5) is 4.79 Å². The van der Waals surface area contributed by atoms with Crippen molar-refractivity contribution < 1.29 is 19.2 Å². The van der Waals surface area contributed by atoms with E-state index in [1.807, 2.05) is 26.1 Å². The molecule has 0 saturated heterocycles. The standard InChI is InChI=1S/C18H23Cl2N3O3/c1-4-13-15(17(24)26-5-2)14(22-18(25)21-13)10-23(3)9-11-7-6-8-12(19)16(11)20/h6-8,13H,4-5,9-10H2,1-3H3,(H2,21,22,25)/p+1/t13-/m1/s1. The smallest absolute Gasteiger partial charge is 0.338 e. The second-order valence-electron chi connectivity index (χ2n) is 6.20. The third-order valence-electron chi connectivity index (χ3n) is 4.15. The summed E-state index contributed by atoms with van der Waals surface area (Å²) >= 11 is 12.3. The molecule has 6 nitrogen and oxygen atoms in total. The SMILES string of the molecule is CCOC(=O)C1=C(C[NH+](C)Cc2cccc(Cl)c2Cl)NC(=O)N[C@@H]1CC. The van der Waals surface area contributed by atoms with E-state index in [9.17, 15) is 9.59 Å². The molecule has 26 heavy (non-hydrogen) atoms. The summed E-state index contributed by atoms with van der Waals surface area (Å²) in [5, 5.41) is 6.56. The number of carbonyl (C=O) groups excluding carboxylic acids is 2. The first-order chi connectivity index (χ1) is 12.4. The minimum atomic E-state index is -0.407. The lowest BCUT2D eigenvalue weighted by Crippen LogP contribution is -3.08. The molecule has 1 aliphatic heterocycles. The third kappa shape index (κ3) is 4.90. The molecule has 142 valence electrons. The van der Waals surface area contributed by atoms with Gasteiger partial charge < -0.3 is 20.3 Å². The van der Waals surface area contributed by atoms with Crippen LogP contribution in [-0.4, -0.2) is 38.2 Å². The van der Waals surface area contributed by atoms with Gasteiger partial charge in [0.15, 0.2) is 0 Å². The van der Waals surface area contributed by atoms with Crippen LogP contribution in [-0.2, 0) is 16.1 Å². The molecular formula is C18H24Cl2N3O3+. The molecule has 1 unspecified atom stereocenters. The molecule has 0 bridgehead atoms. The highest BCUT2D eigenvalue weighted by Crippen LogP contribution is 2.25. The first-order valence-electron chi connectivity index (χ1n) is 8.59. The predicted molar refractivity (Wildman–Crippen MR) is 101 cm³/mol. The van der Waals surface area contributed by atoms with Crippen molar-refractivity contribution in [3.05, 3.63) is 45.1 Å². The Balaban J connectivity index is 2.24. The van der Waals surface area contributed by atoms with Crippen LogP contribution in [0.15, 0.2) is 29.5 Å². The number of nitrogens with one attached hydrogen (secondary N) is 3. The van der Waals surface area contributed by atoms with Crippen LogP contribution in [0, 0.1) is 0 Å². The number of carbonyl (C=O) groups is 2. The fraction of sp³-hybridized carbons (Fsp3) is 0.444. The van der Waals surface area contributed by atoms with Crippen molar-refractivity contribution in [2.24, 2.45) is 0 Å². The Labute approximate surface area is 163 Å². The van der Waals surface area contributed by atoms with E-state index in [-0.39, 0.29) is 18.7 Å². The predicted octanol–water partition coefficient (Wildman–Crippen LogP) is 1.92. The molecule has 1 heterocycles. The molecule has 0 spiro atoms. The van der Waals surface area contributed by atoms with Gasteiger partial charge >= 0.3 is 12.0 Å². The molecule has 0 radical (unpaired) electrons. The number of rotatable bonds is 7. The van der Waals surface area contributed by atoms with E-state index in [0.717, 1.165) is 10.5 Å². The van der Waals surface area contributed by atoms with E-state index in [0.29, 0.717) is 40.8 Å². The summed E-state index contributed by atoms with van der Waals surface area (Å²) in [6, 6.07) is 4.82. The lowest BCUT2D eigenvalue weighted by Gasteiger charge is -2.29. The number of amides is 2. The summed E-state index contributed by atoms with van der Waals surface area (Å²) in [5.41, 5.74) is 1.96. The van der Waals surface area contributed by atoms with E-state index < -0.39 is 5.97 Å². The maximum atomic E-state index is 12.4. The zero-order chi connectivity index (χ0) is 19.3. The molecule has 0 aromatic heterocycles. The lowest BCUT2D eigenvalue weighted by atomic mass is 10.00. The highest BCUT2D eigenvalue weighted by molar-refractivity contribution is 6.42. The Morgan fingerprint density at radius 3 is 2.65 bits per heavy atom. The Kier molecular flexibility index (Phi) is 7.32. The van der Waals surface area contributed by atoms with Crippen LogP contribution in [0.25, 0.3) is 0 Å². The largest absolute Gasteiger partial charge is 0.463 e. The van der Waals surface area contributed by atoms with E-state index in [4.69, 9.17) is 27.9 Å². The number of hydrogen-bond acceptors (Lipinski definition) is 3. The number of benzene rings is 1. The first kappa shape index (κ1) is 20.6. The monoisotopic (exact) mass is 400 g/mol. The van der Waals surface area contributed by atoms with Crippen LogP contribution in [0.5, 0.6) is 0 Å². The number of likely N-dealkylation sites (N-methyl/N-ethyl adjacent to an activating group) is 1. The van der Waals surface area contributed by atoms with Gasteiger partial charge in [-0.2, -0.15) is 0 Å². The summed E-state index contributed by atoms with van der Waals surface area (Å²) in [7, 11) is 1.96. The summed E-state index contributed by atoms with van der Waals surface area (Å²) in [6.45, 7) is 4.99. The van der Waals surface area contributed by atoms with Gasteiger partial charge in [-0.25, -0.2) is 9.59 Å². The van der Waals surface area contributed by atoms with Gasteiger partial charge in [-0.1, -0.05) is 42.3 Å². The van der Waals surface area contributed by atoms with Crippen molar-refractivity contribution in [2.45, 2.75) is 32.9 Å². The summed E-state index contributed by atoms with van der Waals surface area (Å²) in [5.74, 6) is -0.407. The molecule has 1 aromatic rings. The highest BCUT2D eigenvalue weighted by Gasteiger charge is 2.32. The fourth-order valence-corrected chi connectivity index (χ4v) is 3.36. The third-order valence-corrected chi connectivity index (χ3v) is 5.01. The van der Waals surface area contributed by atoms with E-state index in [2.05, 4.69) is 10.6 Å². The number of ether oxygens (including phenoxy) is 1. The number of hydrogen-bond donors (Lipinski definition) is 3. The molecule has 0 saturated carbocycles. The van der Waals surface area contributed by atoms with Gasteiger partial charge in [0.05, 0.1) is 41.0 Å². The van der Waals surface area contributed by atoms with Crippen molar-refractivity contribution >= 4 is 35.2 Å². The molecule has 1 aliphatic rings. The van der Waals surface area contributed by atoms with E-state index in [1.54, 1.807) is 13.0 Å². The van der Waals surface area contributed by atoms with E-state index >= 15 is 0 Å². The zero-order valence-electron chi connectivity index (χ0n) is 15.1. The van der Waals surface area contributed by atoms with Crippen molar-refractivity contribution in [2.75, 3.05) is 20.2 Å². The molecule has 2 rings (SSSR count). The minimum absolute atomic E-state index is 0.279. The average Bonchev–Trinajstić information content (AvgIpc) is 2.58. The molecule has 2 amide bonds. The van der Waals surface area contributed by atoms with Crippen LogP contribution >= 0.6 is 23.2 Å². The van der Waals surface area contributed by atoms with Gasteiger partial charge in [-0.05, 0) is 19.4 Å². The first-order valence-corrected chi connectivity index (χ1v) is 9.34. The number of esters is 1. The topological polar surface area (TPSA) is 71.9 Å². The molecule has 8 heteroatoms. The number of urea groups is 1. The fourth-order valence-electron chi connectivity index (χ4n) is 2.98. The van der Waals surface area contributed by atoms with Crippen molar-refractivity contribution in [1.29, 1.82) is 0 Å². The molecule has 2 atom stereocenters. The summed E-state index contributed by atoms with van der Waals surface area (Å²) in [6.07, 6.45) is 0.601. The van der Waals surface area contributed by atoms with Gasteiger partial charge in [-0.3, -0.25) is 0 Å². The van der Waals surface area contributed by atoms with Crippen molar-refractivity contribution in [3.63, 3.8) is 0 Å². The Morgan fingerprint density at radius 2 is 2.00 bits per heavy atom. The van der Waals surface area contributed by atoms with Gasteiger partial charge in [0.2, 0.25) is 0 Å². The van der Waals surface area contributed by atoms with E-state index in [1.165, 1.54) is 0 Å². The zero-order valence-corrected chi connectivity index (χ0v) is 16.6. The molecule has 0 aliphatic carbocycles. The number of quaternary nitrogens is 1. The van der Waals surface area contributed by atoms with Crippen molar-refractivity contribution in [1.82, 2.24) is 10.6 Å². The van der Waals surface area contributed by atoms with Gasteiger partial charge in [-0.15, -0.1) is 0 Å². The second-order valence-corrected chi connectivity index (χ2v) is 6.98. The Hall–Kier alpha value is -1.76. The normalized spacial score (nSPS) is 18.2. The summed E-state index contributed by atoms with van der Waals surface area (Å²) < 4.78 is 5.18. The second kappa shape index (κ2) is 9.26. The van der Waals surface area contributed by atoms with Gasteiger partial charge in [0.25, 0.3) is 0 Å². The van der Waals surface area contributed by atoms with Gasteiger partial charge in [0, 0.05) is 5.56 Å². The van der Waals surface area contributed by atoms with Crippen LogP contribution in [0.1, 0.15) is 25.8 Å².